The van der Waals surface area contributed by atoms with Crippen LogP contribution >= 0.6 is 0 Å². The average molecular weight is 257 g/mol. The minimum absolute atomic E-state index is 0.490. The van der Waals surface area contributed by atoms with Gasteiger partial charge in [-0.2, -0.15) is 5.10 Å². The van der Waals surface area contributed by atoms with E-state index in [9.17, 15) is 0 Å². The van der Waals surface area contributed by atoms with Crippen LogP contribution in [0.1, 0.15) is 30.7 Å². The van der Waals surface area contributed by atoms with Gasteiger partial charge in [-0.3, -0.25) is 4.68 Å². The molecule has 102 valence electrons. The maximum atomic E-state index is 4.45. The molecule has 1 N–H and O–H groups in total. The second-order valence-electron chi connectivity index (χ2n) is 5.50. The van der Waals surface area contributed by atoms with Gasteiger partial charge in [0.1, 0.15) is 0 Å². The van der Waals surface area contributed by atoms with E-state index in [1.165, 1.54) is 22.3 Å². The molecule has 0 saturated heterocycles. The van der Waals surface area contributed by atoms with Crippen molar-refractivity contribution in [2.75, 3.05) is 0 Å². The summed E-state index contributed by atoms with van der Waals surface area (Å²) < 4.78 is 1.88. The van der Waals surface area contributed by atoms with Gasteiger partial charge in [-0.05, 0) is 25.0 Å². The Morgan fingerprint density at radius 2 is 1.95 bits per heavy atom. The van der Waals surface area contributed by atoms with Gasteiger partial charge in [-0.15, -0.1) is 0 Å². The first-order chi connectivity index (χ1) is 8.97. The quantitative estimate of drug-likeness (QED) is 0.911. The van der Waals surface area contributed by atoms with Crippen LogP contribution in [0.25, 0.3) is 11.1 Å². The summed E-state index contributed by atoms with van der Waals surface area (Å²) in [6.07, 6.45) is 2.10. The van der Waals surface area contributed by atoms with E-state index in [2.05, 4.69) is 62.5 Å². The molecule has 0 spiro atoms. The summed E-state index contributed by atoms with van der Waals surface area (Å²) in [5.74, 6) is 0. The van der Waals surface area contributed by atoms with Crippen molar-refractivity contribution >= 4 is 0 Å². The number of benzene rings is 1. The fourth-order valence-corrected chi connectivity index (χ4v) is 2.27. The van der Waals surface area contributed by atoms with Crippen LogP contribution in [0.15, 0.2) is 24.4 Å². The molecule has 1 heterocycles. The molecule has 0 aliphatic carbocycles. The number of nitrogens with zero attached hydrogens (tertiary/aromatic N) is 2. The highest BCUT2D eigenvalue weighted by Gasteiger charge is 2.11. The lowest BCUT2D eigenvalue weighted by Gasteiger charge is -2.13. The summed E-state index contributed by atoms with van der Waals surface area (Å²) in [6.45, 7) is 9.43. The van der Waals surface area contributed by atoms with Gasteiger partial charge in [0, 0.05) is 31.4 Å². The topological polar surface area (TPSA) is 29.9 Å². The van der Waals surface area contributed by atoms with E-state index in [4.69, 9.17) is 0 Å². The molecule has 0 aliphatic rings. The van der Waals surface area contributed by atoms with Gasteiger partial charge in [0.05, 0.1) is 5.69 Å². The van der Waals surface area contributed by atoms with Gasteiger partial charge in [0.2, 0.25) is 0 Å². The van der Waals surface area contributed by atoms with Crippen molar-refractivity contribution in [3.63, 3.8) is 0 Å². The molecule has 0 unspecified atom stereocenters. The molecule has 0 saturated carbocycles. The van der Waals surface area contributed by atoms with Crippen LogP contribution in [-0.4, -0.2) is 15.8 Å². The van der Waals surface area contributed by atoms with E-state index < -0.39 is 0 Å². The zero-order chi connectivity index (χ0) is 14.0. The Morgan fingerprint density at radius 3 is 2.53 bits per heavy atom. The van der Waals surface area contributed by atoms with E-state index >= 15 is 0 Å². The largest absolute Gasteiger partial charge is 0.310 e. The average Bonchev–Trinajstić information content (AvgIpc) is 2.66. The fraction of sp³-hybridized carbons (Fsp3) is 0.438. The van der Waals surface area contributed by atoms with Crippen LogP contribution < -0.4 is 5.32 Å². The van der Waals surface area contributed by atoms with E-state index in [0.717, 1.165) is 12.2 Å². The molecule has 1 aromatic carbocycles. The Balaban J connectivity index is 2.42. The van der Waals surface area contributed by atoms with Crippen LogP contribution in [0.5, 0.6) is 0 Å². The Kier molecular flexibility index (Phi) is 4.05. The van der Waals surface area contributed by atoms with Gasteiger partial charge >= 0.3 is 0 Å². The zero-order valence-corrected chi connectivity index (χ0v) is 12.5. The summed E-state index contributed by atoms with van der Waals surface area (Å²) in [6, 6.07) is 7.13. The number of aromatic nitrogens is 2. The molecule has 0 radical (unpaired) electrons. The van der Waals surface area contributed by atoms with Crippen LogP contribution in [0, 0.1) is 13.8 Å². The smallest absolute Gasteiger partial charge is 0.0672 e. The van der Waals surface area contributed by atoms with Crippen molar-refractivity contribution in [3.05, 3.63) is 41.2 Å². The Morgan fingerprint density at radius 1 is 1.21 bits per heavy atom. The molecule has 2 rings (SSSR count). The molecular weight excluding hydrogens is 234 g/mol. The lowest BCUT2D eigenvalue weighted by Crippen LogP contribution is -2.22. The van der Waals surface area contributed by atoms with Gasteiger partial charge in [0.25, 0.3) is 0 Å². The Hall–Kier alpha value is -1.61. The van der Waals surface area contributed by atoms with E-state index in [-0.39, 0.29) is 0 Å². The summed E-state index contributed by atoms with van der Waals surface area (Å²) in [5, 5.41) is 7.94. The number of rotatable bonds is 4. The Labute approximate surface area is 115 Å². The molecule has 19 heavy (non-hydrogen) atoms. The molecule has 0 fully saturated rings. The first kappa shape index (κ1) is 13.8. The van der Waals surface area contributed by atoms with E-state index in [1.54, 1.807) is 0 Å². The van der Waals surface area contributed by atoms with Crippen molar-refractivity contribution in [3.8, 4) is 11.1 Å². The van der Waals surface area contributed by atoms with Crippen LogP contribution in [-0.2, 0) is 13.6 Å². The second kappa shape index (κ2) is 5.57. The first-order valence-electron chi connectivity index (χ1n) is 6.81. The normalized spacial score (nSPS) is 11.3. The lowest BCUT2D eigenvalue weighted by molar-refractivity contribution is 0.589. The minimum Gasteiger partial charge on any atom is -0.310 e. The third-order valence-corrected chi connectivity index (χ3v) is 3.27. The first-order valence-corrected chi connectivity index (χ1v) is 6.81. The molecule has 0 atom stereocenters. The maximum Gasteiger partial charge on any atom is 0.0672 e. The molecule has 3 nitrogen and oxygen atoms in total. The van der Waals surface area contributed by atoms with E-state index in [1.807, 2.05) is 11.7 Å². The summed E-state index contributed by atoms with van der Waals surface area (Å²) >= 11 is 0. The van der Waals surface area contributed by atoms with Crippen molar-refractivity contribution < 1.29 is 0 Å². The maximum absolute atomic E-state index is 4.45. The highest BCUT2D eigenvalue weighted by molar-refractivity contribution is 5.69. The fourth-order valence-electron chi connectivity index (χ4n) is 2.27. The van der Waals surface area contributed by atoms with Crippen LogP contribution in [0.3, 0.4) is 0 Å². The second-order valence-corrected chi connectivity index (χ2v) is 5.50. The number of hydrogen-bond acceptors (Lipinski definition) is 2. The van der Waals surface area contributed by atoms with Crippen LogP contribution in [0.4, 0.5) is 0 Å². The lowest BCUT2D eigenvalue weighted by atomic mass is 9.98. The summed E-state index contributed by atoms with van der Waals surface area (Å²) in [4.78, 5) is 0. The third-order valence-electron chi connectivity index (χ3n) is 3.27. The van der Waals surface area contributed by atoms with E-state index in [0.29, 0.717) is 6.04 Å². The number of hydrogen-bond donors (Lipinski definition) is 1. The molecule has 0 aliphatic heterocycles. The van der Waals surface area contributed by atoms with Gasteiger partial charge in [-0.1, -0.05) is 37.6 Å². The van der Waals surface area contributed by atoms with Crippen molar-refractivity contribution in [2.24, 2.45) is 7.05 Å². The highest BCUT2D eigenvalue weighted by Crippen LogP contribution is 2.27. The molecular formula is C16H23N3. The number of aryl methyl sites for hydroxylation is 3. The minimum atomic E-state index is 0.490. The SMILES string of the molecule is Cc1ccc(CNC(C)C)c(-c2cn(C)nc2C)c1. The van der Waals surface area contributed by atoms with Crippen molar-refractivity contribution in [1.29, 1.82) is 0 Å². The molecule has 1 aromatic heterocycles. The molecule has 3 heteroatoms. The van der Waals surface area contributed by atoms with Gasteiger partial charge in [-0.25, -0.2) is 0 Å². The predicted molar refractivity (Wildman–Crippen MR) is 80.1 cm³/mol. The molecule has 0 bridgehead atoms. The number of nitrogens with one attached hydrogen (secondary N) is 1. The van der Waals surface area contributed by atoms with Crippen molar-refractivity contribution in [2.45, 2.75) is 40.3 Å². The van der Waals surface area contributed by atoms with Gasteiger partial charge in [0.15, 0.2) is 0 Å². The summed E-state index contributed by atoms with van der Waals surface area (Å²) in [7, 11) is 1.97. The third kappa shape index (κ3) is 3.24. The molecule has 0 amide bonds. The standard InChI is InChI=1S/C16H23N3/c1-11(2)17-9-14-7-6-12(3)8-15(14)16-10-19(5)18-13(16)4/h6-8,10-11,17H,9H2,1-5H3. The monoisotopic (exact) mass is 257 g/mol. The van der Waals surface area contributed by atoms with Gasteiger partial charge < -0.3 is 5.32 Å². The highest BCUT2D eigenvalue weighted by atomic mass is 15.2. The molecule has 2 aromatic rings. The Bertz CT molecular complexity index is 567. The summed E-state index contributed by atoms with van der Waals surface area (Å²) in [5.41, 5.74) is 6.21. The predicted octanol–water partition coefficient (Wildman–Crippen LogP) is 3.20. The van der Waals surface area contributed by atoms with Crippen LogP contribution in [0.2, 0.25) is 0 Å². The van der Waals surface area contributed by atoms with Crippen molar-refractivity contribution in [1.82, 2.24) is 15.1 Å². The zero-order valence-electron chi connectivity index (χ0n) is 12.5.